The first-order chi connectivity index (χ1) is 13.8. The number of nitrogens with zero attached hydrogens (tertiary/aromatic N) is 1. The van der Waals surface area contributed by atoms with Crippen molar-refractivity contribution < 1.29 is 18.0 Å². The number of hydrogen-bond donors (Lipinski definition) is 0. The van der Waals surface area contributed by atoms with Gasteiger partial charge in [-0.15, -0.1) is 0 Å². The SMILES string of the molecule is O=C1C2C3CC(C(Br)C3Br)C2C(=O)N1c1ccc(S(=O)(=O)c2ccccc2)cc1. The van der Waals surface area contributed by atoms with E-state index in [4.69, 9.17) is 0 Å². The molecule has 2 amide bonds. The van der Waals surface area contributed by atoms with Gasteiger partial charge >= 0.3 is 0 Å². The van der Waals surface area contributed by atoms with Gasteiger partial charge in [-0.25, -0.2) is 8.42 Å². The lowest BCUT2D eigenvalue weighted by Gasteiger charge is -2.28. The maximum atomic E-state index is 13.1. The molecule has 1 saturated heterocycles. The van der Waals surface area contributed by atoms with E-state index in [1.54, 1.807) is 42.5 Å². The average Bonchev–Trinajstić information content (AvgIpc) is 3.34. The second-order valence-electron chi connectivity index (χ2n) is 7.83. The topological polar surface area (TPSA) is 71.5 Å². The third-order valence-corrected chi connectivity index (χ3v) is 11.4. The number of anilines is 1. The van der Waals surface area contributed by atoms with Crippen LogP contribution in [0.4, 0.5) is 5.69 Å². The van der Waals surface area contributed by atoms with Crippen LogP contribution < -0.4 is 4.90 Å². The zero-order valence-electron chi connectivity index (χ0n) is 15.1. The summed E-state index contributed by atoms with van der Waals surface area (Å²) in [5, 5.41) is 0. The van der Waals surface area contributed by atoms with Crippen LogP contribution in [-0.2, 0) is 19.4 Å². The quantitative estimate of drug-likeness (QED) is 0.440. The highest BCUT2D eigenvalue weighted by molar-refractivity contribution is 9.12. The zero-order valence-corrected chi connectivity index (χ0v) is 19.1. The minimum absolute atomic E-state index is 0.132. The van der Waals surface area contributed by atoms with Crippen molar-refractivity contribution in [1.29, 1.82) is 0 Å². The summed E-state index contributed by atoms with van der Waals surface area (Å²) in [6.07, 6.45) is 0.876. The Morgan fingerprint density at radius 3 is 1.76 bits per heavy atom. The number of rotatable bonds is 3. The molecule has 3 fully saturated rings. The monoisotopic (exact) mass is 537 g/mol. The highest BCUT2D eigenvalue weighted by Crippen LogP contribution is 2.60. The predicted molar refractivity (Wildman–Crippen MR) is 115 cm³/mol. The molecule has 2 aromatic rings. The van der Waals surface area contributed by atoms with Gasteiger partial charge in [0.15, 0.2) is 0 Å². The Morgan fingerprint density at radius 2 is 1.24 bits per heavy atom. The van der Waals surface area contributed by atoms with E-state index in [1.807, 2.05) is 0 Å². The van der Waals surface area contributed by atoms with Gasteiger partial charge in [0.25, 0.3) is 0 Å². The van der Waals surface area contributed by atoms with Gasteiger partial charge in [0.2, 0.25) is 21.7 Å². The maximum Gasteiger partial charge on any atom is 0.238 e. The minimum Gasteiger partial charge on any atom is -0.274 e. The highest BCUT2D eigenvalue weighted by atomic mass is 79.9. The lowest BCUT2D eigenvalue weighted by molar-refractivity contribution is -0.123. The van der Waals surface area contributed by atoms with Crippen LogP contribution in [0.15, 0.2) is 64.4 Å². The largest absolute Gasteiger partial charge is 0.274 e. The van der Waals surface area contributed by atoms with Crippen LogP contribution in [0.25, 0.3) is 0 Å². The van der Waals surface area contributed by atoms with Gasteiger partial charge < -0.3 is 0 Å². The van der Waals surface area contributed by atoms with E-state index in [9.17, 15) is 18.0 Å². The van der Waals surface area contributed by atoms with Gasteiger partial charge in [-0.05, 0) is 54.7 Å². The molecule has 6 atom stereocenters. The van der Waals surface area contributed by atoms with Gasteiger partial charge in [-0.3, -0.25) is 14.5 Å². The van der Waals surface area contributed by atoms with E-state index >= 15 is 0 Å². The fourth-order valence-corrected chi connectivity index (χ4v) is 8.27. The summed E-state index contributed by atoms with van der Waals surface area (Å²) in [6.45, 7) is 0. The second-order valence-corrected chi connectivity index (χ2v) is 11.9. The lowest BCUT2D eigenvalue weighted by Crippen LogP contribution is -2.37. The first kappa shape index (κ1) is 19.5. The van der Waals surface area contributed by atoms with Crippen molar-refractivity contribution >= 4 is 59.2 Å². The molecule has 0 N–H and O–H groups in total. The molecule has 8 heteroatoms. The number of carbonyl (C=O) groups excluding carboxylic acids is 2. The second kappa shape index (κ2) is 6.75. The summed E-state index contributed by atoms with van der Waals surface area (Å²) < 4.78 is 25.5. The number of alkyl halides is 2. The van der Waals surface area contributed by atoms with Crippen LogP contribution in [0.2, 0.25) is 0 Å². The number of carbonyl (C=O) groups is 2. The molecule has 2 aliphatic carbocycles. The first-order valence-electron chi connectivity index (χ1n) is 9.38. The molecule has 1 heterocycles. The van der Waals surface area contributed by atoms with E-state index in [0.717, 1.165) is 6.42 Å². The van der Waals surface area contributed by atoms with E-state index in [-0.39, 0.29) is 54.9 Å². The third kappa shape index (κ3) is 2.72. The maximum absolute atomic E-state index is 13.1. The summed E-state index contributed by atoms with van der Waals surface area (Å²) in [6, 6.07) is 14.2. The molecule has 150 valence electrons. The van der Waals surface area contributed by atoms with Gasteiger partial charge in [0.05, 0.1) is 27.3 Å². The van der Waals surface area contributed by atoms with Crippen molar-refractivity contribution in [2.24, 2.45) is 23.7 Å². The van der Waals surface area contributed by atoms with Crippen molar-refractivity contribution in [3.8, 4) is 0 Å². The Balaban J connectivity index is 1.46. The molecule has 1 aliphatic heterocycles. The van der Waals surface area contributed by atoms with E-state index in [2.05, 4.69) is 31.9 Å². The molecular formula is C21H17Br2NO4S. The van der Waals surface area contributed by atoms with Gasteiger partial charge in [0.1, 0.15) is 0 Å². The number of sulfone groups is 1. The smallest absolute Gasteiger partial charge is 0.238 e. The van der Waals surface area contributed by atoms with Crippen molar-refractivity contribution in [3.63, 3.8) is 0 Å². The Morgan fingerprint density at radius 1 is 0.759 bits per heavy atom. The van der Waals surface area contributed by atoms with Crippen molar-refractivity contribution in [3.05, 3.63) is 54.6 Å². The average molecular weight is 539 g/mol. The van der Waals surface area contributed by atoms with Crippen LogP contribution in [0.5, 0.6) is 0 Å². The molecule has 0 radical (unpaired) electrons. The molecule has 5 rings (SSSR count). The van der Waals surface area contributed by atoms with Crippen molar-refractivity contribution in [2.45, 2.75) is 25.9 Å². The molecule has 6 unspecified atom stereocenters. The molecule has 29 heavy (non-hydrogen) atoms. The Bertz CT molecular complexity index is 1070. The van der Waals surface area contributed by atoms with Crippen LogP contribution in [0, 0.1) is 23.7 Å². The number of imide groups is 1. The zero-order chi connectivity index (χ0) is 20.5. The Hall–Kier alpha value is -1.51. The highest BCUT2D eigenvalue weighted by Gasteiger charge is 2.66. The van der Waals surface area contributed by atoms with Crippen molar-refractivity contribution in [2.75, 3.05) is 4.90 Å². The van der Waals surface area contributed by atoms with Gasteiger partial charge in [0, 0.05) is 9.65 Å². The van der Waals surface area contributed by atoms with E-state index < -0.39 is 9.84 Å². The van der Waals surface area contributed by atoms with Gasteiger partial charge in [-0.2, -0.15) is 0 Å². The molecule has 0 spiro atoms. The van der Waals surface area contributed by atoms with Crippen molar-refractivity contribution in [1.82, 2.24) is 0 Å². The number of hydrogen-bond acceptors (Lipinski definition) is 4. The summed E-state index contributed by atoms with van der Waals surface area (Å²) in [5.41, 5.74) is 0.429. The molecule has 2 aromatic carbocycles. The van der Waals surface area contributed by atoms with Gasteiger partial charge in [-0.1, -0.05) is 50.1 Å². The fourth-order valence-electron chi connectivity index (χ4n) is 5.11. The predicted octanol–water partition coefficient (Wildman–Crippen LogP) is 3.80. The molecule has 0 aromatic heterocycles. The van der Waals surface area contributed by atoms with Crippen LogP contribution in [-0.4, -0.2) is 29.9 Å². The number of fused-ring (bicyclic) bond motifs is 5. The first-order valence-corrected chi connectivity index (χ1v) is 12.7. The van der Waals surface area contributed by atoms with Crippen LogP contribution in [0.3, 0.4) is 0 Å². The van der Waals surface area contributed by atoms with Crippen LogP contribution in [0.1, 0.15) is 6.42 Å². The van der Waals surface area contributed by atoms with Crippen LogP contribution >= 0.6 is 31.9 Å². The summed E-state index contributed by atoms with van der Waals surface area (Å²) in [4.78, 5) is 28.1. The van der Waals surface area contributed by atoms with E-state index in [1.165, 1.54) is 17.0 Å². The number of halogens is 2. The lowest BCUT2D eigenvalue weighted by atomic mass is 9.81. The molecule has 2 bridgehead atoms. The Labute approximate surface area is 185 Å². The summed E-state index contributed by atoms with van der Waals surface area (Å²) in [5.74, 6) is -0.635. The standard InChI is InChI=1S/C21H17Br2NO4S/c22-18-14-10-15(19(18)23)17-16(14)20(25)24(21(17)26)11-6-8-13(9-7-11)29(27,28)12-4-2-1-3-5-12/h1-9,14-19H,10H2. The summed E-state index contributed by atoms with van der Waals surface area (Å²) in [7, 11) is -3.64. The molecular weight excluding hydrogens is 522 g/mol. The molecule has 5 nitrogen and oxygen atoms in total. The fraction of sp³-hybridized carbons (Fsp3) is 0.333. The number of benzene rings is 2. The summed E-state index contributed by atoms with van der Waals surface area (Å²) >= 11 is 7.36. The molecule has 3 aliphatic rings. The Kier molecular flexibility index (Phi) is 4.53. The molecule has 2 saturated carbocycles. The van der Waals surface area contributed by atoms with E-state index in [0.29, 0.717) is 5.69 Å². The normalized spacial score (nSPS) is 33.4. The number of amides is 2. The minimum atomic E-state index is -3.64. The third-order valence-electron chi connectivity index (χ3n) is 6.45.